The van der Waals surface area contributed by atoms with Crippen LogP contribution >= 0.6 is 0 Å². The van der Waals surface area contributed by atoms with Gasteiger partial charge in [-0.3, -0.25) is 9.48 Å². The number of nitrogens with zero attached hydrogens (tertiary/aromatic N) is 3. The highest BCUT2D eigenvalue weighted by molar-refractivity contribution is 6.04. The van der Waals surface area contributed by atoms with Gasteiger partial charge in [0, 0.05) is 29.5 Å². The lowest BCUT2D eigenvalue weighted by Crippen LogP contribution is -2.51. The van der Waals surface area contributed by atoms with E-state index in [0.29, 0.717) is 11.5 Å². The molecule has 0 amide bonds. The lowest BCUT2D eigenvalue weighted by atomic mass is 9.52. The number of Topliss-reactive ketones (excluding diaryl/α,β-unsaturated/α-hetero) is 1. The van der Waals surface area contributed by atoms with Crippen LogP contribution in [0.5, 0.6) is 0 Å². The van der Waals surface area contributed by atoms with Gasteiger partial charge < -0.3 is 0 Å². The van der Waals surface area contributed by atoms with Crippen molar-refractivity contribution in [3.63, 3.8) is 0 Å². The second kappa shape index (κ2) is 5.81. The van der Waals surface area contributed by atoms with Gasteiger partial charge in [0.2, 0.25) is 0 Å². The fourth-order valence-corrected chi connectivity index (χ4v) is 6.13. The van der Waals surface area contributed by atoms with Gasteiger partial charge in [0.1, 0.15) is 6.07 Å². The monoisotopic (exact) mass is 351 g/mol. The van der Waals surface area contributed by atoms with Gasteiger partial charge in [-0.2, -0.15) is 10.4 Å². The quantitative estimate of drug-likeness (QED) is 0.756. The highest BCUT2D eigenvalue weighted by Crippen LogP contribution is 2.55. The average molecular weight is 351 g/mol. The van der Waals surface area contributed by atoms with Crippen molar-refractivity contribution in [2.45, 2.75) is 77.0 Å². The SMILES string of the molecule is Cn1nc2c(c1C1CCCCC1)CCC1C(C)(C)C(=O)C(C#N)=C[C@]21C. The van der Waals surface area contributed by atoms with Crippen molar-refractivity contribution in [3.05, 3.63) is 28.6 Å². The number of aromatic nitrogens is 2. The van der Waals surface area contributed by atoms with Crippen LogP contribution in [0, 0.1) is 22.7 Å². The molecule has 138 valence electrons. The number of carbonyl (C=O) groups is 1. The molecule has 26 heavy (non-hydrogen) atoms. The van der Waals surface area contributed by atoms with E-state index in [-0.39, 0.29) is 17.1 Å². The van der Waals surface area contributed by atoms with Crippen molar-refractivity contribution in [2.24, 2.45) is 18.4 Å². The maximum atomic E-state index is 12.8. The molecule has 3 aliphatic rings. The molecule has 4 nitrogen and oxygen atoms in total. The molecule has 0 radical (unpaired) electrons. The summed E-state index contributed by atoms with van der Waals surface area (Å²) in [5, 5.41) is 14.5. The number of nitriles is 1. The molecule has 4 rings (SSSR count). The van der Waals surface area contributed by atoms with Crippen LogP contribution < -0.4 is 0 Å². The number of carbonyl (C=O) groups excluding carboxylic acids is 1. The minimum absolute atomic E-state index is 0.00522. The van der Waals surface area contributed by atoms with Crippen molar-refractivity contribution in [1.82, 2.24) is 9.78 Å². The standard InChI is InChI=1S/C22H29N3O/c1-21(2)17-11-10-16-18(14-8-6-5-7-9-14)25(4)24-19(16)22(17,3)12-15(13-23)20(21)26/h12,14,17H,5-11H2,1-4H3/t17?,22-/m0/s1. The van der Waals surface area contributed by atoms with E-state index in [1.807, 2.05) is 19.9 Å². The smallest absolute Gasteiger partial charge is 0.178 e. The number of hydrogen-bond donors (Lipinski definition) is 0. The van der Waals surface area contributed by atoms with Crippen LogP contribution in [0.3, 0.4) is 0 Å². The molecule has 2 atom stereocenters. The Hall–Kier alpha value is -1.89. The Bertz CT molecular complexity index is 832. The van der Waals surface area contributed by atoms with E-state index in [1.165, 1.54) is 43.4 Å². The third-order valence-electron chi connectivity index (χ3n) is 7.37. The van der Waals surface area contributed by atoms with Crippen molar-refractivity contribution in [2.75, 3.05) is 0 Å². The van der Waals surface area contributed by atoms with Gasteiger partial charge in [0.25, 0.3) is 0 Å². The summed E-state index contributed by atoms with van der Waals surface area (Å²) in [6.07, 6.45) is 10.4. The molecule has 1 unspecified atom stereocenters. The molecule has 3 aliphatic carbocycles. The van der Waals surface area contributed by atoms with E-state index in [9.17, 15) is 10.1 Å². The fraction of sp³-hybridized carbons (Fsp3) is 0.682. The Kier molecular flexibility index (Phi) is 3.91. The zero-order chi connectivity index (χ0) is 18.7. The molecule has 0 N–H and O–H groups in total. The van der Waals surface area contributed by atoms with Crippen LogP contribution in [-0.4, -0.2) is 15.6 Å². The Balaban J connectivity index is 1.88. The summed E-state index contributed by atoms with van der Waals surface area (Å²) in [4.78, 5) is 12.8. The van der Waals surface area contributed by atoms with Gasteiger partial charge in [0.05, 0.1) is 11.3 Å². The third-order valence-corrected chi connectivity index (χ3v) is 7.37. The molecular formula is C22H29N3O. The first-order valence-electron chi connectivity index (χ1n) is 10.0. The minimum atomic E-state index is -0.519. The molecule has 1 saturated carbocycles. The first kappa shape index (κ1) is 17.5. The van der Waals surface area contributed by atoms with Gasteiger partial charge >= 0.3 is 0 Å². The van der Waals surface area contributed by atoms with E-state index in [0.717, 1.165) is 18.5 Å². The van der Waals surface area contributed by atoms with Crippen molar-refractivity contribution < 1.29 is 4.79 Å². The highest BCUT2D eigenvalue weighted by Gasteiger charge is 2.55. The van der Waals surface area contributed by atoms with Gasteiger partial charge in [-0.1, -0.05) is 46.1 Å². The molecule has 0 saturated heterocycles. The average Bonchev–Trinajstić information content (AvgIpc) is 2.96. The van der Waals surface area contributed by atoms with Crippen LogP contribution in [0.2, 0.25) is 0 Å². The zero-order valence-electron chi connectivity index (χ0n) is 16.4. The van der Waals surface area contributed by atoms with Crippen LogP contribution in [0.15, 0.2) is 11.6 Å². The molecular weight excluding hydrogens is 322 g/mol. The molecule has 0 aromatic carbocycles. The number of hydrogen-bond acceptors (Lipinski definition) is 3. The van der Waals surface area contributed by atoms with Gasteiger partial charge in [-0.25, -0.2) is 0 Å². The van der Waals surface area contributed by atoms with Crippen LogP contribution in [0.25, 0.3) is 0 Å². The maximum Gasteiger partial charge on any atom is 0.178 e. The summed E-state index contributed by atoms with van der Waals surface area (Å²) in [5.74, 6) is 0.804. The van der Waals surface area contributed by atoms with Crippen molar-refractivity contribution in [3.8, 4) is 6.07 Å². The molecule has 0 bridgehead atoms. The predicted molar refractivity (Wildman–Crippen MR) is 101 cm³/mol. The highest BCUT2D eigenvalue weighted by atomic mass is 16.1. The molecule has 1 aromatic heterocycles. The molecule has 1 fully saturated rings. The number of ketones is 1. The Morgan fingerprint density at radius 1 is 1.19 bits per heavy atom. The van der Waals surface area contributed by atoms with Crippen molar-refractivity contribution in [1.29, 1.82) is 5.26 Å². The number of rotatable bonds is 1. The van der Waals surface area contributed by atoms with Crippen LogP contribution in [0.4, 0.5) is 0 Å². The predicted octanol–water partition coefficient (Wildman–Crippen LogP) is 4.35. The number of fused-ring (bicyclic) bond motifs is 3. The lowest BCUT2D eigenvalue weighted by Gasteiger charge is -2.49. The van der Waals surface area contributed by atoms with E-state index >= 15 is 0 Å². The topological polar surface area (TPSA) is 58.7 Å². The van der Waals surface area contributed by atoms with Gasteiger partial charge in [0.15, 0.2) is 5.78 Å². The summed E-state index contributed by atoms with van der Waals surface area (Å²) in [6.45, 7) is 6.22. The normalized spacial score (nSPS) is 31.0. The summed E-state index contributed by atoms with van der Waals surface area (Å²) in [5.41, 5.74) is 3.39. The van der Waals surface area contributed by atoms with E-state index in [1.54, 1.807) is 0 Å². The number of allylic oxidation sites excluding steroid dienone is 2. The molecule has 4 heteroatoms. The lowest BCUT2D eigenvalue weighted by molar-refractivity contribution is -0.128. The third kappa shape index (κ3) is 2.25. The van der Waals surface area contributed by atoms with Crippen LogP contribution in [0.1, 0.15) is 82.2 Å². The van der Waals surface area contributed by atoms with E-state index < -0.39 is 5.41 Å². The summed E-state index contributed by atoms with van der Waals surface area (Å²) in [7, 11) is 2.08. The first-order valence-corrected chi connectivity index (χ1v) is 10.0. The molecule has 1 aromatic rings. The molecule has 0 spiro atoms. The van der Waals surface area contributed by atoms with Crippen molar-refractivity contribution >= 4 is 5.78 Å². The maximum absolute atomic E-state index is 12.8. The Labute approximate surface area is 156 Å². The Morgan fingerprint density at radius 2 is 1.88 bits per heavy atom. The van der Waals surface area contributed by atoms with E-state index in [4.69, 9.17) is 5.10 Å². The van der Waals surface area contributed by atoms with Gasteiger partial charge in [-0.05, 0) is 37.2 Å². The van der Waals surface area contributed by atoms with Crippen LogP contribution in [-0.2, 0) is 23.7 Å². The Morgan fingerprint density at radius 3 is 2.54 bits per heavy atom. The second-order valence-electron chi connectivity index (χ2n) is 9.27. The summed E-state index contributed by atoms with van der Waals surface area (Å²) < 4.78 is 2.11. The summed E-state index contributed by atoms with van der Waals surface area (Å²) in [6, 6.07) is 2.16. The van der Waals surface area contributed by atoms with E-state index in [2.05, 4.69) is 24.7 Å². The number of aryl methyl sites for hydroxylation is 1. The second-order valence-corrected chi connectivity index (χ2v) is 9.27. The fourth-order valence-electron chi connectivity index (χ4n) is 6.13. The molecule has 0 aliphatic heterocycles. The molecule has 1 heterocycles. The largest absolute Gasteiger partial charge is 0.293 e. The minimum Gasteiger partial charge on any atom is -0.293 e. The first-order chi connectivity index (χ1) is 12.3. The van der Waals surface area contributed by atoms with Gasteiger partial charge in [-0.15, -0.1) is 0 Å². The summed E-state index contributed by atoms with van der Waals surface area (Å²) >= 11 is 0. The zero-order valence-corrected chi connectivity index (χ0v) is 16.4.